The Balaban J connectivity index is 3.47. The molecule has 0 aromatic heterocycles. The normalized spacial score (nSPS) is 13.9. The lowest BCUT2D eigenvalue weighted by Crippen LogP contribution is -2.41. The van der Waals surface area contributed by atoms with Crippen LogP contribution in [0.4, 0.5) is 0 Å². The summed E-state index contributed by atoms with van der Waals surface area (Å²) >= 11 is 0. The second-order valence-corrected chi connectivity index (χ2v) is 9.05. The third-order valence-electron chi connectivity index (χ3n) is 5.94. The van der Waals surface area contributed by atoms with Gasteiger partial charge in [0, 0.05) is 13.1 Å². The lowest BCUT2D eigenvalue weighted by Gasteiger charge is -2.24. The zero-order valence-electron chi connectivity index (χ0n) is 20.1. The highest BCUT2D eigenvalue weighted by Crippen LogP contribution is 2.12. The second kappa shape index (κ2) is 22.5. The summed E-state index contributed by atoms with van der Waals surface area (Å²) in [4.78, 5) is 0. The maximum atomic E-state index is 10.3. The van der Waals surface area contributed by atoms with Gasteiger partial charge in [-0.25, -0.2) is 5.01 Å². The van der Waals surface area contributed by atoms with Gasteiger partial charge in [0.25, 0.3) is 0 Å². The minimum Gasteiger partial charge on any atom is -0.393 e. The number of rotatable bonds is 23. The van der Waals surface area contributed by atoms with Crippen molar-refractivity contribution in [3.8, 4) is 0 Å². The van der Waals surface area contributed by atoms with Crippen molar-refractivity contribution in [1.29, 1.82) is 0 Å². The minimum absolute atomic E-state index is 0.135. The van der Waals surface area contributed by atoms with Gasteiger partial charge in [-0.3, -0.25) is 5.43 Å². The number of nitrogens with one attached hydrogen (secondary N) is 1. The van der Waals surface area contributed by atoms with Crippen LogP contribution in [0, 0.1) is 0 Å². The smallest absolute Gasteiger partial charge is 0.0681 e. The minimum atomic E-state index is -0.204. The first-order valence-corrected chi connectivity index (χ1v) is 12.9. The fourth-order valence-electron chi connectivity index (χ4n) is 3.96. The first kappa shape index (κ1) is 28.8. The molecule has 0 fully saturated rings. The molecule has 176 valence electrons. The van der Waals surface area contributed by atoms with Gasteiger partial charge in [0.15, 0.2) is 0 Å². The van der Waals surface area contributed by atoms with E-state index in [0.29, 0.717) is 0 Å². The summed E-state index contributed by atoms with van der Waals surface area (Å²) in [5.74, 6) is 0. The molecule has 2 unspecified atom stereocenters. The van der Waals surface area contributed by atoms with Crippen molar-refractivity contribution >= 4 is 0 Å². The quantitative estimate of drug-likeness (QED) is 0.137. The third kappa shape index (κ3) is 22.3. The molecule has 0 heterocycles. The van der Waals surface area contributed by atoms with Gasteiger partial charge in [-0.15, -0.1) is 0 Å². The molecule has 0 aliphatic heterocycles. The first-order valence-electron chi connectivity index (χ1n) is 12.9. The lowest BCUT2D eigenvalue weighted by molar-refractivity contribution is 0.0792. The Morgan fingerprint density at radius 3 is 1.59 bits per heavy atom. The molecular formula is C25H54N2O2. The predicted molar refractivity (Wildman–Crippen MR) is 127 cm³/mol. The summed E-state index contributed by atoms with van der Waals surface area (Å²) in [6.45, 7) is 5.92. The second-order valence-electron chi connectivity index (χ2n) is 9.05. The molecule has 0 radical (unpaired) electrons. The van der Waals surface area contributed by atoms with E-state index >= 15 is 0 Å². The molecule has 0 saturated carbocycles. The molecule has 2 atom stereocenters. The molecule has 0 aliphatic carbocycles. The first-order chi connectivity index (χ1) is 14.1. The molecule has 0 aromatic carbocycles. The van der Waals surface area contributed by atoms with Crippen LogP contribution in [0.1, 0.15) is 129 Å². The largest absolute Gasteiger partial charge is 0.393 e. The number of hydrogen-bond acceptors (Lipinski definition) is 4. The Morgan fingerprint density at radius 1 is 0.655 bits per heavy atom. The number of nitrogens with zero attached hydrogens (tertiary/aromatic N) is 1. The van der Waals surface area contributed by atoms with Gasteiger partial charge in [0.2, 0.25) is 0 Å². The van der Waals surface area contributed by atoms with E-state index < -0.39 is 0 Å². The molecule has 0 amide bonds. The van der Waals surface area contributed by atoms with Crippen molar-refractivity contribution in [2.45, 2.75) is 142 Å². The van der Waals surface area contributed by atoms with E-state index in [0.717, 1.165) is 38.8 Å². The maximum Gasteiger partial charge on any atom is 0.0681 e. The van der Waals surface area contributed by atoms with E-state index in [4.69, 9.17) is 0 Å². The van der Waals surface area contributed by atoms with E-state index in [9.17, 15) is 10.2 Å². The molecule has 4 nitrogen and oxygen atoms in total. The van der Waals surface area contributed by atoms with Crippen LogP contribution in [-0.4, -0.2) is 47.6 Å². The molecule has 29 heavy (non-hydrogen) atoms. The number of hydrogen-bond donors (Lipinski definition) is 3. The van der Waals surface area contributed by atoms with Gasteiger partial charge in [-0.05, 0) is 33.2 Å². The van der Waals surface area contributed by atoms with Crippen molar-refractivity contribution in [2.75, 3.05) is 20.1 Å². The SMILES string of the molecule is CCCCCCCCCCC(O)CN(CCCCCCCCCCC(C)O)NC. The van der Waals surface area contributed by atoms with Gasteiger partial charge in [-0.2, -0.15) is 0 Å². The predicted octanol–water partition coefficient (Wildman–Crippen LogP) is 6.21. The number of unbranched alkanes of at least 4 members (excludes halogenated alkanes) is 14. The third-order valence-corrected chi connectivity index (χ3v) is 5.94. The van der Waals surface area contributed by atoms with Crippen LogP contribution in [0.5, 0.6) is 0 Å². The molecule has 0 saturated heterocycles. The van der Waals surface area contributed by atoms with Crippen molar-refractivity contribution in [3.05, 3.63) is 0 Å². The van der Waals surface area contributed by atoms with Crippen molar-refractivity contribution in [2.24, 2.45) is 0 Å². The van der Waals surface area contributed by atoms with Crippen molar-refractivity contribution in [3.63, 3.8) is 0 Å². The summed E-state index contributed by atoms with van der Waals surface area (Å²) < 4.78 is 0. The van der Waals surface area contributed by atoms with E-state index in [-0.39, 0.29) is 12.2 Å². The molecule has 4 heteroatoms. The summed E-state index contributed by atoms with van der Waals surface area (Å²) in [6, 6.07) is 0. The monoisotopic (exact) mass is 414 g/mol. The van der Waals surface area contributed by atoms with E-state index in [1.807, 2.05) is 14.0 Å². The summed E-state index contributed by atoms with van der Waals surface area (Å²) in [5, 5.41) is 21.7. The highest BCUT2D eigenvalue weighted by molar-refractivity contribution is 4.62. The zero-order valence-corrected chi connectivity index (χ0v) is 20.1. The highest BCUT2D eigenvalue weighted by atomic mass is 16.3. The summed E-state index contributed by atoms with van der Waals surface area (Å²) in [7, 11) is 1.97. The maximum absolute atomic E-state index is 10.3. The van der Waals surface area contributed by atoms with Crippen LogP contribution in [0.3, 0.4) is 0 Å². The Hall–Kier alpha value is -0.160. The van der Waals surface area contributed by atoms with Crippen molar-refractivity contribution in [1.82, 2.24) is 10.4 Å². The van der Waals surface area contributed by atoms with Crippen LogP contribution in [0.15, 0.2) is 0 Å². The van der Waals surface area contributed by atoms with Crippen LogP contribution in [0.25, 0.3) is 0 Å². The molecule has 0 aromatic rings. The number of aliphatic hydroxyl groups is 2. The number of hydrazine groups is 1. The summed E-state index contributed by atoms with van der Waals surface area (Å²) in [5.41, 5.74) is 3.25. The summed E-state index contributed by atoms with van der Waals surface area (Å²) in [6.07, 6.45) is 22.3. The molecule has 3 N–H and O–H groups in total. The molecule has 0 rings (SSSR count). The zero-order chi connectivity index (χ0) is 21.6. The molecular weight excluding hydrogens is 360 g/mol. The van der Waals surface area contributed by atoms with Gasteiger partial charge in [0.1, 0.15) is 0 Å². The van der Waals surface area contributed by atoms with Crippen molar-refractivity contribution < 1.29 is 10.2 Å². The van der Waals surface area contributed by atoms with Gasteiger partial charge in [0.05, 0.1) is 12.2 Å². The Bertz CT molecular complexity index is 313. The van der Waals surface area contributed by atoms with Crippen LogP contribution in [0.2, 0.25) is 0 Å². The fraction of sp³-hybridized carbons (Fsp3) is 1.00. The molecule has 0 bridgehead atoms. The van der Waals surface area contributed by atoms with Crippen LogP contribution >= 0.6 is 0 Å². The van der Waals surface area contributed by atoms with Gasteiger partial charge in [-0.1, -0.05) is 103 Å². The van der Waals surface area contributed by atoms with E-state index in [1.165, 1.54) is 89.9 Å². The van der Waals surface area contributed by atoms with Gasteiger partial charge < -0.3 is 10.2 Å². The van der Waals surface area contributed by atoms with Crippen LogP contribution < -0.4 is 5.43 Å². The number of aliphatic hydroxyl groups excluding tert-OH is 2. The van der Waals surface area contributed by atoms with Crippen LogP contribution in [-0.2, 0) is 0 Å². The van der Waals surface area contributed by atoms with E-state index in [2.05, 4.69) is 17.4 Å². The molecule has 0 aliphatic rings. The Kier molecular flexibility index (Phi) is 22.4. The topological polar surface area (TPSA) is 55.7 Å². The average Bonchev–Trinajstić information content (AvgIpc) is 2.70. The van der Waals surface area contributed by atoms with E-state index in [1.54, 1.807) is 0 Å². The Morgan fingerprint density at radius 2 is 1.10 bits per heavy atom. The molecule has 0 spiro atoms. The highest BCUT2D eigenvalue weighted by Gasteiger charge is 2.10. The van der Waals surface area contributed by atoms with Gasteiger partial charge >= 0.3 is 0 Å². The fourth-order valence-corrected chi connectivity index (χ4v) is 3.96. The Labute approximate surface area is 182 Å². The average molecular weight is 415 g/mol. The lowest BCUT2D eigenvalue weighted by atomic mass is 10.1. The standard InChI is InChI=1S/C25H54N2O2/c1-4-5-6-7-8-12-15-18-21-25(29)23-27(26-3)22-19-16-13-10-9-11-14-17-20-24(2)28/h24-26,28-29H,4-23H2,1-3H3.